The van der Waals surface area contributed by atoms with E-state index in [0.717, 1.165) is 30.7 Å². The zero-order valence-corrected chi connectivity index (χ0v) is 8.49. The highest BCUT2D eigenvalue weighted by atomic mass is 32.2. The fraction of sp³-hybridized carbons (Fsp3) is 0.400. The maximum Gasteiger partial charge on any atom is 0.128 e. The average molecular weight is 215 g/mol. The van der Waals surface area contributed by atoms with Crippen LogP contribution < -0.4 is 4.90 Å². The summed E-state index contributed by atoms with van der Waals surface area (Å²) in [7, 11) is 0. The van der Waals surface area contributed by atoms with Gasteiger partial charge in [-0.2, -0.15) is 11.8 Å². The normalized spacial score (nSPS) is 17.1. The van der Waals surface area contributed by atoms with E-state index in [4.69, 9.17) is 0 Å². The Hall–Kier alpha value is -0.770. The largest absolute Gasteiger partial charge is 0.370 e. The molecule has 0 saturated carbocycles. The van der Waals surface area contributed by atoms with Gasteiger partial charge >= 0.3 is 0 Å². The quantitative estimate of drug-likeness (QED) is 0.708. The molecule has 0 amide bonds. The van der Waals surface area contributed by atoms with Gasteiger partial charge in [0.25, 0.3) is 0 Å². The first-order valence-corrected chi connectivity index (χ1v) is 5.70. The molecule has 0 aromatic heterocycles. The van der Waals surface area contributed by atoms with Crippen molar-refractivity contribution >= 4 is 17.4 Å². The predicted molar refractivity (Wildman–Crippen MR) is 55.9 cm³/mol. The predicted octanol–water partition coefficient (Wildman–Crippen LogP) is 2.52. The summed E-state index contributed by atoms with van der Waals surface area (Å²) in [6.07, 6.45) is 0. The number of nitrogens with zero attached hydrogens (tertiary/aromatic N) is 1. The number of hydrogen-bond acceptors (Lipinski definition) is 2. The topological polar surface area (TPSA) is 3.24 Å². The van der Waals surface area contributed by atoms with E-state index in [9.17, 15) is 8.78 Å². The Morgan fingerprint density at radius 2 is 1.57 bits per heavy atom. The fourth-order valence-corrected chi connectivity index (χ4v) is 2.45. The van der Waals surface area contributed by atoms with Crippen LogP contribution in [0.15, 0.2) is 18.2 Å². The molecule has 1 nitrogen and oxygen atoms in total. The Kier molecular flexibility index (Phi) is 2.91. The van der Waals surface area contributed by atoms with Crippen LogP contribution in [0.4, 0.5) is 14.5 Å². The van der Waals surface area contributed by atoms with E-state index in [-0.39, 0.29) is 0 Å². The minimum Gasteiger partial charge on any atom is -0.370 e. The SMILES string of the molecule is Fc1cc(F)cc(N2CCSCC2)c1. The highest BCUT2D eigenvalue weighted by Gasteiger charge is 2.12. The molecule has 0 bridgehead atoms. The molecule has 1 fully saturated rings. The lowest BCUT2D eigenvalue weighted by Crippen LogP contribution is -2.32. The lowest BCUT2D eigenvalue weighted by molar-refractivity contribution is 0.582. The van der Waals surface area contributed by atoms with E-state index in [1.54, 1.807) is 0 Å². The summed E-state index contributed by atoms with van der Waals surface area (Å²) >= 11 is 1.87. The summed E-state index contributed by atoms with van der Waals surface area (Å²) in [4.78, 5) is 2.02. The zero-order valence-electron chi connectivity index (χ0n) is 7.67. The van der Waals surface area contributed by atoms with E-state index in [1.807, 2.05) is 16.7 Å². The van der Waals surface area contributed by atoms with Gasteiger partial charge in [0.05, 0.1) is 0 Å². The third kappa shape index (κ3) is 2.18. The molecule has 1 saturated heterocycles. The first kappa shape index (κ1) is 9.77. The van der Waals surface area contributed by atoms with Gasteiger partial charge in [-0.25, -0.2) is 8.78 Å². The maximum absolute atomic E-state index is 12.9. The number of thioether (sulfide) groups is 1. The molecule has 0 aliphatic carbocycles. The van der Waals surface area contributed by atoms with Gasteiger partial charge in [0.2, 0.25) is 0 Å². The zero-order chi connectivity index (χ0) is 9.97. The highest BCUT2D eigenvalue weighted by Crippen LogP contribution is 2.21. The Morgan fingerprint density at radius 3 is 2.14 bits per heavy atom. The molecular formula is C10H11F2NS. The molecule has 1 aromatic rings. The van der Waals surface area contributed by atoms with E-state index in [1.165, 1.54) is 12.1 Å². The summed E-state index contributed by atoms with van der Waals surface area (Å²) < 4.78 is 25.8. The molecule has 0 spiro atoms. The van der Waals surface area contributed by atoms with E-state index in [0.29, 0.717) is 5.69 Å². The van der Waals surface area contributed by atoms with Gasteiger partial charge in [-0.1, -0.05) is 0 Å². The van der Waals surface area contributed by atoms with Crippen molar-refractivity contribution in [3.63, 3.8) is 0 Å². The third-order valence-corrected chi connectivity index (χ3v) is 3.17. The first-order valence-electron chi connectivity index (χ1n) is 4.54. The molecule has 0 atom stereocenters. The van der Waals surface area contributed by atoms with Crippen molar-refractivity contribution in [1.82, 2.24) is 0 Å². The molecule has 0 N–H and O–H groups in total. The number of benzene rings is 1. The molecule has 1 aromatic carbocycles. The molecule has 2 rings (SSSR count). The van der Waals surface area contributed by atoms with Crippen LogP contribution in [0.2, 0.25) is 0 Å². The molecule has 0 radical (unpaired) electrons. The smallest absolute Gasteiger partial charge is 0.128 e. The van der Waals surface area contributed by atoms with Crippen molar-refractivity contribution in [3.05, 3.63) is 29.8 Å². The van der Waals surface area contributed by atoms with Gasteiger partial charge in [-0.15, -0.1) is 0 Å². The van der Waals surface area contributed by atoms with Crippen molar-refractivity contribution in [2.45, 2.75) is 0 Å². The fourth-order valence-electron chi connectivity index (χ4n) is 1.54. The number of halogens is 2. The van der Waals surface area contributed by atoms with Crippen LogP contribution in [0.25, 0.3) is 0 Å². The average Bonchev–Trinajstić information content (AvgIpc) is 2.18. The maximum atomic E-state index is 12.9. The van der Waals surface area contributed by atoms with Crippen molar-refractivity contribution in [1.29, 1.82) is 0 Å². The van der Waals surface area contributed by atoms with Gasteiger partial charge < -0.3 is 4.90 Å². The number of anilines is 1. The van der Waals surface area contributed by atoms with Crippen LogP contribution in [0.5, 0.6) is 0 Å². The van der Waals surface area contributed by atoms with Crippen molar-refractivity contribution < 1.29 is 8.78 Å². The molecule has 1 heterocycles. The van der Waals surface area contributed by atoms with Crippen molar-refractivity contribution in [3.8, 4) is 0 Å². The summed E-state index contributed by atoms with van der Waals surface area (Å²) in [5, 5.41) is 0. The molecule has 76 valence electrons. The Bertz CT molecular complexity index is 304. The van der Waals surface area contributed by atoms with E-state index < -0.39 is 11.6 Å². The van der Waals surface area contributed by atoms with Gasteiger partial charge in [-0.05, 0) is 12.1 Å². The standard InChI is InChI=1S/C10H11F2NS/c11-8-5-9(12)7-10(6-8)13-1-3-14-4-2-13/h5-7H,1-4H2. The van der Waals surface area contributed by atoms with Crippen molar-refractivity contribution in [2.75, 3.05) is 29.5 Å². The Morgan fingerprint density at radius 1 is 1.00 bits per heavy atom. The van der Waals surface area contributed by atoms with Crippen LogP contribution in [0.3, 0.4) is 0 Å². The van der Waals surface area contributed by atoms with Crippen LogP contribution in [-0.4, -0.2) is 24.6 Å². The van der Waals surface area contributed by atoms with Gasteiger partial charge in [0, 0.05) is 36.3 Å². The number of rotatable bonds is 1. The van der Waals surface area contributed by atoms with Crippen LogP contribution in [0.1, 0.15) is 0 Å². The Balaban J connectivity index is 2.21. The van der Waals surface area contributed by atoms with Crippen molar-refractivity contribution in [2.24, 2.45) is 0 Å². The monoisotopic (exact) mass is 215 g/mol. The molecule has 0 unspecified atom stereocenters. The van der Waals surface area contributed by atoms with Crippen LogP contribution in [-0.2, 0) is 0 Å². The third-order valence-electron chi connectivity index (χ3n) is 2.22. The van der Waals surface area contributed by atoms with Gasteiger partial charge in [-0.3, -0.25) is 0 Å². The minimum atomic E-state index is -0.502. The first-order chi connectivity index (χ1) is 6.75. The molecule has 14 heavy (non-hydrogen) atoms. The summed E-state index contributed by atoms with van der Waals surface area (Å²) in [6, 6.07) is 3.68. The minimum absolute atomic E-state index is 0.502. The van der Waals surface area contributed by atoms with Gasteiger partial charge in [0.15, 0.2) is 0 Å². The summed E-state index contributed by atoms with van der Waals surface area (Å²) in [5.41, 5.74) is 0.655. The second-order valence-electron chi connectivity index (χ2n) is 3.23. The highest BCUT2D eigenvalue weighted by molar-refractivity contribution is 7.99. The summed E-state index contributed by atoms with van der Waals surface area (Å²) in [6.45, 7) is 1.74. The number of hydrogen-bond donors (Lipinski definition) is 0. The molecule has 4 heteroatoms. The van der Waals surface area contributed by atoms with Crippen LogP contribution >= 0.6 is 11.8 Å². The lowest BCUT2D eigenvalue weighted by atomic mass is 10.2. The van der Waals surface area contributed by atoms with Gasteiger partial charge in [0.1, 0.15) is 11.6 Å². The van der Waals surface area contributed by atoms with E-state index in [2.05, 4.69) is 0 Å². The molecule has 1 aliphatic rings. The second-order valence-corrected chi connectivity index (χ2v) is 4.45. The molecular weight excluding hydrogens is 204 g/mol. The lowest BCUT2D eigenvalue weighted by Gasteiger charge is -2.28. The van der Waals surface area contributed by atoms with Crippen LogP contribution in [0, 0.1) is 11.6 Å². The van der Waals surface area contributed by atoms with E-state index >= 15 is 0 Å². The summed E-state index contributed by atoms with van der Waals surface area (Å²) in [5.74, 6) is 1.05. The second kappa shape index (κ2) is 4.17. The Labute approximate surface area is 86.1 Å². The molecule has 1 aliphatic heterocycles.